The van der Waals surface area contributed by atoms with Crippen molar-refractivity contribution in [3.63, 3.8) is 0 Å². The van der Waals surface area contributed by atoms with E-state index in [1.165, 1.54) is 12.1 Å². The number of aromatic nitrogens is 1. The van der Waals surface area contributed by atoms with Crippen LogP contribution in [0, 0.1) is 17.2 Å². The molecule has 0 bridgehead atoms. The van der Waals surface area contributed by atoms with Gasteiger partial charge in [-0.05, 0) is 44.0 Å². The number of hydrogen-bond donors (Lipinski definition) is 1. The van der Waals surface area contributed by atoms with Crippen LogP contribution in [0.1, 0.15) is 25.5 Å². The second-order valence-corrected chi connectivity index (χ2v) is 8.23. The standard InChI is InChI=1S/C22H26N6O4/c1-15-7-9-27(10-8-15)17-4-5-18(28-12-11-26(2)14-19(28)29)24-21(17)25-22(30)32-20-6-3-16(13-23)31-20/h3-6,15H,7-12,14H2,1-2H3,(H,24,25,30). The lowest BCUT2D eigenvalue weighted by molar-refractivity contribution is -0.120. The molecule has 168 valence electrons. The van der Waals surface area contributed by atoms with Crippen molar-refractivity contribution in [1.29, 1.82) is 5.26 Å². The molecule has 0 aromatic carbocycles. The summed E-state index contributed by atoms with van der Waals surface area (Å²) in [4.78, 5) is 35.4. The van der Waals surface area contributed by atoms with E-state index in [4.69, 9.17) is 14.4 Å². The molecule has 2 saturated heterocycles. The molecule has 1 N–H and O–H groups in total. The van der Waals surface area contributed by atoms with Gasteiger partial charge in [0, 0.05) is 32.2 Å². The van der Waals surface area contributed by atoms with E-state index in [0.717, 1.165) is 38.2 Å². The summed E-state index contributed by atoms with van der Waals surface area (Å²) in [5.41, 5.74) is 0.774. The molecular formula is C22H26N6O4. The molecule has 0 spiro atoms. The number of likely N-dealkylation sites (N-methyl/N-ethyl adjacent to an activating group) is 1. The molecule has 4 rings (SSSR count). The van der Waals surface area contributed by atoms with E-state index >= 15 is 0 Å². The Kier molecular flexibility index (Phi) is 6.28. The number of nitrogens with one attached hydrogen (secondary N) is 1. The molecule has 2 aliphatic rings. The number of hydrogen-bond acceptors (Lipinski definition) is 8. The third-order valence-electron chi connectivity index (χ3n) is 5.78. The Morgan fingerprint density at radius 2 is 2.00 bits per heavy atom. The third-order valence-corrected chi connectivity index (χ3v) is 5.78. The van der Waals surface area contributed by atoms with Gasteiger partial charge in [-0.3, -0.25) is 19.9 Å². The van der Waals surface area contributed by atoms with Crippen molar-refractivity contribution in [2.45, 2.75) is 19.8 Å². The Bertz CT molecular complexity index is 1040. The highest BCUT2D eigenvalue weighted by Crippen LogP contribution is 2.31. The number of nitrogens with zero attached hydrogens (tertiary/aromatic N) is 5. The molecule has 10 heteroatoms. The van der Waals surface area contributed by atoms with E-state index < -0.39 is 6.09 Å². The molecule has 32 heavy (non-hydrogen) atoms. The summed E-state index contributed by atoms with van der Waals surface area (Å²) in [5.74, 6) is 1.37. The average molecular weight is 438 g/mol. The highest BCUT2D eigenvalue weighted by molar-refractivity contribution is 5.96. The lowest BCUT2D eigenvalue weighted by atomic mass is 9.99. The highest BCUT2D eigenvalue weighted by atomic mass is 16.6. The summed E-state index contributed by atoms with van der Waals surface area (Å²) in [6.07, 6.45) is 1.31. The normalized spacial score (nSPS) is 17.8. The van der Waals surface area contributed by atoms with Crippen molar-refractivity contribution < 1.29 is 18.7 Å². The molecule has 2 aromatic rings. The van der Waals surface area contributed by atoms with Crippen molar-refractivity contribution in [2.75, 3.05) is 54.9 Å². The number of amides is 2. The molecule has 0 radical (unpaired) electrons. The average Bonchev–Trinajstić information content (AvgIpc) is 3.22. The first-order valence-electron chi connectivity index (χ1n) is 10.7. The summed E-state index contributed by atoms with van der Waals surface area (Å²) < 4.78 is 10.3. The van der Waals surface area contributed by atoms with Crippen molar-refractivity contribution >= 4 is 29.3 Å². The summed E-state index contributed by atoms with van der Waals surface area (Å²) in [6.45, 7) is 5.51. The number of piperazine rings is 1. The molecule has 2 fully saturated rings. The van der Waals surface area contributed by atoms with Gasteiger partial charge >= 0.3 is 6.09 Å². The fourth-order valence-corrected chi connectivity index (χ4v) is 3.87. The second kappa shape index (κ2) is 9.28. The zero-order valence-corrected chi connectivity index (χ0v) is 18.2. The fourth-order valence-electron chi connectivity index (χ4n) is 3.87. The molecule has 2 aliphatic heterocycles. The SMILES string of the molecule is CC1CCN(c2ccc(N3CCN(C)CC3=O)nc2NC(=O)Oc2ccc(C#N)o2)CC1. The van der Waals surface area contributed by atoms with E-state index in [1.807, 2.05) is 30.1 Å². The van der Waals surface area contributed by atoms with Gasteiger partial charge in [-0.25, -0.2) is 9.78 Å². The lowest BCUT2D eigenvalue weighted by Crippen LogP contribution is -2.49. The van der Waals surface area contributed by atoms with Gasteiger partial charge in [-0.2, -0.15) is 5.26 Å². The minimum atomic E-state index is -0.787. The lowest BCUT2D eigenvalue weighted by Gasteiger charge is -2.34. The van der Waals surface area contributed by atoms with Crippen molar-refractivity contribution in [3.8, 4) is 12.0 Å². The van der Waals surface area contributed by atoms with Gasteiger partial charge in [-0.1, -0.05) is 6.92 Å². The number of piperidine rings is 1. The molecule has 2 amide bonds. The number of nitriles is 1. The van der Waals surface area contributed by atoms with Gasteiger partial charge in [0.25, 0.3) is 5.95 Å². The second-order valence-electron chi connectivity index (χ2n) is 8.23. The van der Waals surface area contributed by atoms with Gasteiger partial charge in [0.1, 0.15) is 11.9 Å². The first-order chi connectivity index (χ1) is 15.4. The quantitative estimate of drug-likeness (QED) is 0.775. The van der Waals surface area contributed by atoms with Crippen LogP contribution in [0.15, 0.2) is 28.7 Å². The van der Waals surface area contributed by atoms with E-state index in [1.54, 1.807) is 4.90 Å². The van der Waals surface area contributed by atoms with Crippen LogP contribution >= 0.6 is 0 Å². The Hall–Kier alpha value is -3.58. The Balaban J connectivity index is 1.58. The zero-order valence-electron chi connectivity index (χ0n) is 18.2. The van der Waals surface area contributed by atoms with Gasteiger partial charge in [0.05, 0.1) is 12.2 Å². The number of anilines is 3. The number of carbonyl (C=O) groups is 2. The molecule has 0 unspecified atom stereocenters. The molecule has 10 nitrogen and oxygen atoms in total. The minimum Gasteiger partial charge on any atom is -0.414 e. The maximum absolute atomic E-state index is 12.5. The van der Waals surface area contributed by atoms with E-state index in [-0.39, 0.29) is 17.6 Å². The number of pyridine rings is 1. The monoisotopic (exact) mass is 438 g/mol. The maximum atomic E-state index is 12.5. The van der Waals surface area contributed by atoms with Crippen LogP contribution in [0.3, 0.4) is 0 Å². The van der Waals surface area contributed by atoms with Crippen molar-refractivity contribution in [2.24, 2.45) is 5.92 Å². The summed E-state index contributed by atoms with van der Waals surface area (Å²) in [6, 6.07) is 8.36. The van der Waals surface area contributed by atoms with E-state index in [0.29, 0.717) is 30.6 Å². The van der Waals surface area contributed by atoms with Crippen LogP contribution in [-0.4, -0.2) is 61.7 Å². The number of carbonyl (C=O) groups excluding carboxylic acids is 2. The Labute approximate surface area is 186 Å². The summed E-state index contributed by atoms with van der Waals surface area (Å²) in [5, 5.41) is 11.6. The Morgan fingerprint density at radius 1 is 1.22 bits per heavy atom. The topological polar surface area (TPSA) is 115 Å². The van der Waals surface area contributed by atoms with Crippen molar-refractivity contribution in [1.82, 2.24) is 9.88 Å². The van der Waals surface area contributed by atoms with Gasteiger partial charge in [0.15, 0.2) is 5.82 Å². The maximum Gasteiger partial charge on any atom is 0.420 e. The molecule has 2 aromatic heterocycles. The molecule has 4 heterocycles. The first kappa shape index (κ1) is 21.6. The summed E-state index contributed by atoms with van der Waals surface area (Å²) in [7, 11) is 1.90. The molecular weight excluding hydrogens is 412 g/mol. The number of rotatable bonds is 4. The molecule has 0 aliphatic carbocycles. The van der Waals surface area contributed by atoms with Crippen LogP contribution in [0.2, 0.25) is 0 Å². The van der Waals surface area contributed by atoms with Crippen LogP contribution in [0.5, 0.6) is 5.95 Å². The van der Waals surface area contributed by atoms with Crippen LogP contribution in [0.4, 0.5) is 22.1 Å². The molecule has 0 atom stereocenters. The predicted octanol–water partition coefficient (Wildman–Crippen LogP) is 2.67. The summed E-state index contributed by atoms with van der Waals surface area (Å²) >= 11 is 0. The van der Waals surface area contributed by atoms with E-state index in [2.05, 4.69) is 22.1 Å². The van der Waals surface area contributed by atoms with Gasteiger partial charge in [0.2, 0.25) is 11.7 Å². The first-order valence-corrected chi connectivity index (χ1v) is 10.7. The predicted molar refractivity (Wildman–Crippen MR) is 118 cm³/mol. The van der Waals surface area contributed by atoms with Crippen LogP contribution in [0.25, 0.3) is 0 Å². The van der Waals surface area contributed by atoms with Crippen molar-refractivity contribution in [3.05, 3.63) is 30.0 Å². The largest absolute Gasteiger partial charge is 0.420 e. The highest BCUT2D eigenvalue weighted by Gasteiger charge is 2.26. The fraction of sp³-hybridized carbons (Fsp3) is 0.455. The smallest absolute Gasteiger partial charge is 0.414 e. The number of furan rings is 1. The third kappa shape index (κ3) is 4.84. The molecule has 0 saturated carbocycles. The van der Waals surface area contributed by atoms with Crippen LogP contribution < -0.4 is 19.9 Å². The zero-order chi connectivity index (χ0) is 22.7. The Morgan fingerprint density at radius 3 is 2.69 bits per heavy atom. The minimum absolute atomic E-state index is 0.0426. The van der Waals surface area contributed by atoms with Gasteiger partial charge < -0.3 is 14.1 Å². The van der Waals surface area contributed by atoms with E-state index in [9.17, 15) is 9.59 Å². The number of ether oxygens (including phenoxy) is 1. The van der Waals surface area contributed by atoms with Gasteiger partial charge in [-0.15, -0.1) is 0 Å². The van der Waals surface area contributed by atoms with Crippen LogP contribution in [-0.2, 0) is 4.79 Å².